The van der Waals surface area contributed by atoms with Gasteiger partial charge in [0.05, 0.1) is 12.7 Å². The number of hydrogen-bond acceptors (Lipinski definition) is 3. The summed E-state index contributed by atoms with van der Waals surface area (Å²) in [6.07, 6.45) is 14.4. The topological polar surface area (TPSA) is 44.5 Å². The first-order valence-corrected chi connectivity index (χ1v) is 13.0. The molecule has 1 spiro atoms. The maximum atomic E-state index is 6.90. The molecule has 6 rings (SSSR count). The van der Waals surface area contributed by atoms with Crippen molar-refractivity contribution in [3.05, 3.63) is 11.6 Å². The number of allylic oxidation sites excluding steroid dienone is 1. The molecule has 3 nitrogen and oxygen atoms in total. The summed E-state index contributed by atoms with van der Waals surface area (Å²) in [6, 6.07) is 0.393. The van der Waals surface area contributed by atoms with Crippen molar-refractivity contribution in [2.45, 2.75) is 103 Å². The van der Waals surface area contributed by atoms with Gasteiger partial charge in [-0.15, -0.1) is 0 Å². The van der Waals surface area contributed by atoms with Gasteiger partial charge in [0.15, 0.2) is 5.79 Å². The summed E-state index contributed by atoms with van der Waals surface area (Å²) in [4.78, 5) is 0. The molecule has 11 unspecified atom stereocenters. The Labute approximate surface area is 183 Å². The Balaban J connectivity index is 1.28. The van der Waals surface area contributed by atoms with Gasteiger partial charge in [-0.25, -0.2) is 0 Å². The van der Waals surface area contributed by atoms with Gasteiger partial charge >= 0.3 is 0 Å². The molecule has 0 radical (unpaired) electrons. The molecule has 4 aliphatic carbocycles. The molecule has 3 saturated carbocycles. The summed E-state index contributed by atoms with van der Waals surface area (Å²) in [5.41, 5.74) is 8.90. The monoisotopic (exact) mass is 413 g/mol. The molecule has 0 aromatic carbocycles. The zero-order valence-electron chi connectivity index (χ0n) is 19.7. The lowest BCUT2D eigenvalue weighted by Gasteiger charge is -2.58. The van der Waals surface area contributed by atoms with Crippen LogP contribution >= 0.6 is 0 Å². The van der Waals surface area contributed by atoms with Crippen molar-refractivity contribution in [1.29, 1.82) is 0 Å². The maximum Gasteiger partial charge on any atom is 0.171 e. The van der Waals surface area contributed by atoms with Gasteiger partial charge in [0.1, 0.15) is 0 Å². The van der Waals surface area contributed by atoms with E-state index in [0.29, 0.717) is 40.7 Å². The predicted octanol–water partition coefficient (Wildman–Crippen LogP) is 5.68. The van der Waals surface area contributed by atoms with Crippen LogP contribution in [0.15, 0.2) is 11.6 Å². The maximum absolute atomic E-state index is 6.90. The Morgan fingerprint density at radius 3 is 2.63 bits per heavy atom. The molecule has 168 valence electrons. The lowest BCUT2D eigenvalue weighted by molar-refractivity contribution is -0.272. The second-order valence-corrected chi connectivity index (χ2v) is 12.8. The van der Waals surface area contributed by atoms with Crippen molar-refractivity contribution in [3.63, 3.8) is 0 Å². The van der Waals surface area contributed by atoms with Crippen LogP contribution < -0.4 is 5.73 Å². The molecule has 2 heterocycles. The molecule has 6 aliphatic rings. The Kier molecular flexibility index (Phi) is 4.44. The standard InChI is InChI=1S/C27H43NO2/c1-16-7-12-27(29-15-16)17(2)24-23(30-27)14-22-20-6-5-18-13-19(28)8-10-25(18,3)21(20)9-11-26(22,24)4/h5,16-17,19-24H,6-15,28H2,1-4H3. The van der Waals surface area contributed by atoms with Gasteiger partial charge in [-0.05, 0) is 91.8 Å². The van der Waals surface area contributed by atoms with E-state index in [0.717, 1.165) is 37.2 Å². The Morgan fingerprint density at radius 1 is 1.03 bits per heavy atom. The molecule has 2 aliphatic heterocycles. The van der Waals surface area contributed by atoms with Gasteiger partial charge in [0.2, 0.25) is 0 Å². The van der Waals surface area contributed by atoms with E-state index in [1.54, 1.807) is 5.57 Å². The number of ether oxygens (including phenoxy) is 2. The first kappa shape index (κ1) is 20.2. The van der Waals surface area contributed by atoms with E-state index in [2.05, 4.69) is 33.8 Å². The highest BCUT2D eigenvalue weighted by Crippen LogP contribution is 2.70. The molecule has 3 heteroatoms. The number of hydrogen-bond donors (Lipinski definition) is 1. The fraction of sp³-hybridized carbons (Fsp3) is 0.926. The Morgan fingerprint density at radius 2 is 1.87 bits per heavy atom. The zero-order chi connectivity index (χ0) is 20.9. The van der Waals surface area contributed by atoms with E-state index in [1.807, 2.05) is 0 Å². The molecule has 0 bridgehead atoms. The first-order valence-electron chi connectivity index (χ1n) is 13.0. The fourth-order valence-corrected chi connectivity index (χ4v) is 9.71. The summed E-state index contributed by atoms with van der Waals surface area (Å²) in [5.74, 6) is 4.12. The van der Waals surface area contributed by atoms with Gasteiger partial charge in [0.25, 0.3) is 0 Å². The van der Waals surface area contributed by atoms with E-state index in [1.165, 1.54) is 44.9 Å². The molecule has 0 amide bonds. The average Bonchev–Trinajstić information content (AvgIpc) is 3.16. The van der Waals surface area contributed by atoms with E-state index in [-0.39, 0.29) is 5.79 Å². The van der Waals surface area contributed by atoms with Crippen molar-refractivity contribution in [2.75, 3.05) is 6.61 Å². The van der Waals surface area contributed by atoms with Crippen LogP contribution in [0.3, 0.4) is 0 Å². The molecule has 2 saturated heterocycles. The summed E-state index contributed by atoms with van der Waals surface area (Å²) in [5, 5.41) is 0. The third kappa shape index (κ3) is 2.55. The zero-order valence-corrected chi connectivity index (χ0v) is 19.7. The predicted molar refractivity (Wildman–Crippen MR) is 120 cm³/mol. The summed E-state index contributed by atoms with van der Waals surface area (Å²) in [7, 11) is 0. The molecule has 0 aromatic heterocycles. The van der Waals surface area contributed by atoms with Crippen molar-refractivity contribution < 1.29 is 9.47 Å². The normalized spacial score (nSPS) is 59.8. The molecular formula is C27H43NO2. The minimum Gasteiger partial charge on any atom is -0.349 e. The Hall–Kier alpha value is -0.380. The summed E-state index contributed by atoms with van der Waals surface area (Å²) >= 11 is 0. The first-order chi connectivity index (χ1) is 14.3. The van der Waals surface area contributed by atoms with Gasteiger partial charge < -0.3 is 15.2 Å². The van der Waals surface area contributed by atoms with Crippen LogP contribution in [-0.4, -0.2) is 24.5 Å². The molecule has 2 N–H and O–H groups in total. The van der Waals surface area contributed by atoms with Gasteiger partial charge in [-0.1, -0.05) is 39.3 Å². The smallest absolute Gasteiger partial charge is 0.171 e. The third-order valence-electron chi connectivity index (χ3n) is 11.4. The molecule has 5 fully saturated rings. The van der Waals surface area contributed by atoms with Crippen LogP contribution in [0.5, 0.6) is 0 Å². The summed E-state index contributed by atoms with van der Waals surface area (Å²) < 4.78 is 13.4. The van der Waals surface area contributed by atoms with Crippen molar-refractivity contribution >= 4 is 0 Å². The van der Waals surface area contributed by atoms with E-state index < -0.39 is 0 Å². The van der Waals surface area contributed by atoms with Crippen LogP contribution in [0.4, 0.5) is 0 Å². The van der Waals surface area contributed by atoms with Crippen LogP contribution in [0.1, 0.15) is 85.5 Å². The van der Waals surface area contributed by atoms with Gasteiger partial charge in [0, 0.05) is 18.4 Å². The Bertz CT molecular complexity index is 739. The third-order valence-corrected chi connectivity index (χ3v) is 11.4. The highest BCUT2D eigenvalue weighted by atomic mass is 16.7. The quantitative estimate of drug-likeness (QED) is 0.520. The van der Waals surface area contributed by atoms with Crippen LogP contribution in [0, 0.1) is 46.3 Å². The van der Waals surface area contributed by atoms with Gasteiger partial charge in [-0.2, -0.15) is 0 Å². The highest BCUT2D eigenvalue weighted by molar-refractivity contribution is 5.26. The van der Waals surface area contributed by atoms with Crippen molar-refractivity contribution in [2.24, 2.45) is 52.1 Å². The van der Waals surface area contributed by atoms with Crippen LogP contribution in [0.25, 0.3) is 0 Å². The number of nitrogens with two attached hydrogens (primary N) is 1. The SMILES string of the molecule is CC1CCC2(OC1)OC1CC3C4CC=C5CC(N)CCC5(C)C4CCC3(C)C1C2C. The fourth-order valence-electron chi connectivity index (χ4n) is 9.71. The number of rotatable bonds is 0. The van der Waals surface area contributed by atoms with E-state index in [4.69, 9.17) is 15.2 Å². The molecule has 30 heavy (non-hydrogen) atoms. The minimum atomic E-state index is -0.280. The van der Waals surface area contributed by atoms with E-state index in [9.17, 15) is 0 Å². The lowest BCUT2D eigenvalue weighted by atomic mass is 9.46. The van der Waals surface area contributed by atoms with Gasteiger partial charge in [-0.3, -0.25) is 0 Å². The molecular weight excluding hydrogens is 370 g/mol. The van der Waals surface area contributed by atoms with Crippen LogP contribution in [-0.2, 0) is 9.47 Å². The van der Waals surface area contributed by atoms with Crippen molar-refractivity contribution in [1.82, 2.24) is 0 Å². The molecule has 0 aromatic rings. The number of fused-ring (bicyclic) bond motifs is 7. The highest BCUT2D eigenvalue weighted by Gasteiger charge is 2.68. The lowest BCUT2D eigenvalue weighted by Crippen LogP contribution is -2.52. The van der Waals surface area contributed by atoms with E-state index >= 15 is 0 Å². The largest absolute Gasteiger partial charge is 0.349 e. The van der Waals surface area contributed by atoms with Crippen LogP contribution in [0.2, 0.25) is 0 Å². The van der Waals surface area contributed by atoms with Crippen molar-refractivity contribution in [3.8, 4) is 0 Å². The summed E-state index contributed by atoms with van der Waals surface area (Å²) in [6.45, 7) is 10.9. The second kappa shape index (κ2) is 6.58. The second-order valence-electron chi connectivity index (χ2n) is 12.8. The average molecular weight is 414 g/mol. The molecule has 11 atom stereocenters. The minimum absolute atomic E-state index is 0.280.